The Bertz CT molecular complexity index is 554. The third-order valence-electron chi connectivity index (χ3n) is 2.47. The largest absolute Gasteiger partial charge is 0.383 e. The molecule has 0 fully saturated rings. The van der Waals surface area contributed by atoms with Gasteiger partial charge in [-0.2, -0.15) is 12.8 Å². The Morgan fingerprint density at radius 2 is 2.12 bits per heavy atom. The zero-order valence-corrected chi connectivity index (χ0v) is 10.8. The zero-order chi connectivity index (χ0) is 12.5. The lowest BCUT2D eigenvalue weighted by Gasteiger charge is -2.07. The van der Waals surface area contributed by atoms with E-state index in [-0.39, 0.29) is 10.3 Å². The van der Waals surface area contributed by atoms with E-state index in [1.807, 2.05) is 0 Å². The maximum atomic E-state index is 11.7. The third kappa shape index (κ3) is 2.51. The van der Waals surface area contributed by atoms with Crippen LogP contribution in [0.25, 0.3) is 0 Å². The van der Waals surface area contributed by atoms with Crippen molar-refractivity contribution >= 4 is 27.3 Å². The number of rotatable bonds is 4. The number of fused-ring (bicyclic) bond motifs is 1. The molecule has 1 aromatic rings. The second-order valence-corrected chi connectivity index (χ2v) is 5.96. The summed E-state index contributed by atoms with van der Waals surface area (Å²) in [6.07, 6.45) is 0.381. The van der Waals surface area contributed by atoms with Crippen molar-refractivity contribution in [2.45, 2.75) is 16.7 Å². The molecule has 0 aliphatic carbocycles. The highest BCUT2D eigenvalue weighted by molar-refractivity contribution is 7.90. The minimum atomic E-state index is -3.53. The Morgan fingerprint density at radius 1 is 1.41 bits per heavy atom. The summed E-state index contributed by atoms with van der Waals surface area (Å²) in [6, 6.07) is 6.77. The van der Waals surface area contributed by atoms with Gasteiger partial charge in [-0.05, 0) is 6.07 Å². The van der Waals surface area contributed by atoms with Gasteiger partial charge in [0, 0.05) is 19.1 Å². The quantitative estimate of drug-likeness (QED) is 0.787. The van der Waals surface area contributed by atoms with Crippen LogP contribution in [-0.2, 0) is 14.8 Å². The van der Waals surface area contributed by atoms with Gasteiger partial charge in [-0.1, -0.05) is 18.2 Å². The van der Waals surface area contributed by atoms with Crippen molar-refractivity contribution in [1.29, 1.82) is 0 Å². The number of hydrogen-bond donors (Lipinski definition) is 0. The number of ether oxygens (including phenoxy) is 1. The average Bonchev–Trinajstić information content (AvgIpc) is 2.52. The number of hydrogen-bond acceptors (Lipinski definition) is 3. The summed E-state index contributed by atoms with van der Waals surface area (Å²) >= 11 is 6.02. The maximum absolute atomic E-state index is 11.7. The van der Waals surface area contributed by atoms with Crippen molar-refractivity contribution in [2.75, 3.05) is 13.7 Å². The van der Waals surface area contributed by atoms with Crippen molar-refractivity contribution in [2.24, 2.45) is 4.40 Å². The van der Waals surface area contributed by atoms with Gasteiger partial charge in [0.1, 0.15) is 0 Å². The van der Waals surface area contributed by atoms with Gasteiger partial charge in [0.05, 0.1) is 22.6 Å². The van der Waals surface area contributed by atoms with Crippen molar-refractivity contribution in [3.8, 4) is 0 Å². The molecule has 92 valence electrons. The Kier molecular flexibility index (Phi) is 3.51. The van der Waals surface area contributed by atoms with Crippen LogP contribution in [0.2, 0.25) is 0 Å². The molecule has 0 saturated heterocycles. The Balaban J connectivity index is 2.32. The molecular formula is C11H12ClNO3S. The number of sulfonamides is 1. The Hall–Kier alpha value is -0.910. The normalized spacial score (nSPS) is 18.6. The smallest absolute Gasteiger partial charge is 0.283 e. The number of halogens is 1. The van der Waals surface area contributed by atoms with Crippen LogP contribution in [0.15, 0.2) is 33.6 Å². The maximum Gasteiger partial charge on any atom is 0.283 e. The molecule has 1 aliphatic rings. The topological polar surface area (TPSA) is 55.7 Å². The molecule has 1 aliphatic heterocycles. The molecule has 0 N–H and O–H groups in total. The third-order valence-corrected chi connectivity index (χ3v) is 4.12. The van der Waals surface area contributed by atoms with Crippen LogP contribution in [0.3, 0.4) is 0 Å². The average molecular weight is 274 g/mol. The summed E-state index contributed by atoms with van der Waals surface area (Å²) in [4.78, 5) is 0.260. The van der Waals surface area contributed by atoms with Gasteiger partial charge in [-0.15, -0.1) is 11.6 Å². The lowest BCUT2D eigenvalue weighted by Crippen LogP contribution is -2.13. The highest BCUT2D eigenvalue weighted by Crippen LogP contribution is 2.28. The van der Waals surface area contributed by atoms with Crippen LogP contribution < -0.4 is 0 Å². The molecule has 17 heavy (non-hydrogen) atoms. The van der Waals surface area contributed by atoms with E-state index in [9.17, 15) is 8.42 Å². The number of nitrogens with zero attached hydrogens (tertiary/aromatic N) is 1. The lowest BCUT2D eigenvalue weighted by molar-refractivity contribution is 0.199. The molecule has 0 aromatic heterocycles. The molecule has 1 heterocycles. The number of methoxy groups -OCH3 is 1. The standard InChI is InChI=1S/C11H12ClNO3S/c1-16-7-8(12)6-10-9-4-2-3-5-11(9)17(14,15)13-10/h2-5,8H,6-7H2,1H3. The molecule has 0 radical (unpaired) electrons. The molecule has 0 spiro atoms. The minimum absolute atomic E-state index is 0.260. The number of alkyl halides is 1. The van der Waals surface area contributed by atoms with Crippen molar-refractivity contribution in [1.82, 2.24) is 0 Å². The molecule has 0 saturated carbocycles. The molecule has 1 atom stereocenters. The van der Waals surface area contributed by atoms with Gasteiger partial charge < -0.3 is 4.74 Å². The molecule has 0 bridgehead atoms. The molecule has 6 heteroatoms. The second kappa shape index (κ2) is 4.76. The number of benzene rings is 1. The second-order valence-electron chi connectivity index (χ2n) is 3.77. The SMILES string of the molecule is COCC(Cl)CC1=NS(=O)(=O)c2ccccc21. The molecular weight excluding hydrogens is 262 g/mol. The van der Waals surface area contributed by atoms with Gasteiger partial charge in [0.25, 0.3) is 10.0 Å². The van der Waals surface area contributed by atoms with Crippen LogP contribution >= 0.6 is 11.6 Å². The first-order valence-corrected chi connectivity index (χ1v) is 6.98. The summed E-state index contributed by atoms with van der Waals surface area (Å²) in [5.74, 6) is 0. The fourth-order valence-electron chi connectivity index (χ4n) is 1.77. The van der Waals surface area contributed by atoms with Gasteiger partial charge in [-0.3, -0.25) is 0 Å². The fourth-order valence-corrected chi connectivity index (χ4v) is 3.32. The lowest BCUT2D eigenvalue weighted by atomic mass is 10.1. The molecule has 0 amide bonds. The summed E-state index contributed by atoms with van der Waals surface area (Å²) in [6.45, 7) is 0.364. The van der Waals surface area contributed by atoms with Crippen LogP contribution in [0.5, 0.6) is 0 Å². The van der Waals surface area contributed by atoms with Crippen molar-refractivity contribution in [3.63, 3.8) is 0 Å². The Labute approximate surface area is 105 Å². The zero-order valence-electron chi connectivity index (χ0n) is 9.26. The van der Waals surface area contributed by atoms with Crippen LogP contribution in [0.4, 0.5) is 0 Å². The van der Waals surface area contributed by atoms with Gasteiger partial charge in [0.2, 0.25) is 0 Å². The summed E-state index contributed by atoms with van der Waals surface area (Å²) in [7, 11) is -1.97. The highest BCUT2D eigenvalue weighted by Gasteiger charge is 2.29. The minimum Gasteiger partial charge on any atom is -0.383 e. The van der Waals surface area contributed by atoms with Crippen LogP contribution in [0.1, 0.15) is 12.0 Å². The first-order chi connectivity index (χ1) is 8.04. The van der Waals surface area contributed by atoms with E-state index in [0.29, 0.717) is 24.3 Å². The summed E-state index contributed by atoms with van der Waals surface area (Å²) < 4.78 is 32.2. The van der Waals surface area contributed by atoms with Crippen LogP contribution in [0, 0.1) is 0 Å². The van der Waals surface area contributed by atoms with E-state index in [0.717, 1.165) is 0 Å². The summed E-state index contributed by atoms with van der Waals surface area (Å²) in [5.41, 5.74) is 1.16. The van der Waals surface area contributed by atoms with E-state index in [2.05, 4.69) is 4.40 Å². The van der Waals surface area contributed by atoms with E-state index >= 15 is 0 Å². The predicted octanol–water partition coefficient (Wildman–Crippen LogP) is 1.82. The first-order valence-electron chi connectivity index (χ1n) is 5.11. The summed E-state index contributed by atoms with van der Waals surface area (Å²) in [5, 5.41) is -0.278. The van der Waals surface area contributed by atoms with E-state index in [1.165, 1.54) is 0 Å². The van der Waals surface area contributed by atoms with E-state index in [1.54, 1.807) is 31.4 Å². The molecule has 2 rings (SSSR count). The van der Waals surface area contributed by atoms with E-state index in [4.69, 9.17) is 16.3 Å². The molecule has 1 unspecified atom stereocenters. The monoisotopic (exact) mass is 273 g/mol. The predicted molar refractivity (Wildman–Crippen MR) is 66.3 cm³/mol. The van der Waals surface area contributed by atoms with E-state index < -0.39 is 10.0 Å². The van der Waals surface area contributed by atoms with Crippen molar-refractivity contribution < 1.29 is 13.2 Å². The fraction of sp³-hybridized carbons (Fsp3) is 0.364. The van der Waals surface area contributed by atoms with Gasteiger partial charge in [0.15, 0.2) is 0 Å². The molecule has 1 aromatic carbocycles. The van der Waals surface area contributed by atoms with Gasteiger partial charge in [-0.25, -0.2) is 0 Å². The first kappa shape index (κ1) is 12.5. The highest BCUT2D eigenvalue weighted by atomic mass is 35.5. The van der Waals surface area contributed by atoms with Crippen molar-refractivity contribution in [3.05, 3.63) is 29.8 Å². The molecule has 4 nitrogen and oxygen atoms in total. The van der Waals surface area contributed by atoms with Crippen LogP contribution in [-0.4, -0.2) is 33.2 Å². The Morgan fingerprint density at radius 3 is 2.82 bits per heavy atom. The van der Waals surface area contributed by atoms with Gasteiger partial charge >= 0.3 is 0 Å².